The summed E-state index contributed by atoms with van der Waals surface area (Å²) in [5.41, 5.74) is 5.46. The van der Waals surface area contributed by atoms with Crippen molar-refractivity contribution in [1.82, 2.24) is 10.3 Å². The predicted molar refractivity (Wildman–Crippen MR) is 93.9 cm³/mol. The maximum absolute atomic E-state index is 11.6. The van der Waals surface area contributed by atoms with Crippen LogP contribution in [0.25, 0.3) is 0 Å². The molecule has 0 aliphatic rings. The zero-order valence-corrected chi connectivity index (χ0v) is 14.4. The maximum Gasteiger partial charge on any atom is 0.222 e. The van der Waals surface area contributed by atoms with Gasteiger partial charge in [-0.25, -0.2) is 4.98 Å². The van der Waals surface area contributed by atoms with Gasteiger partial charge in [-0.1, -0.05) is 6.07 Å². The van der Waals surface area contributed by atoms with Gasteiger partial charge in [0.05, 0.1) is 12.5 Å². The minimum atomic E-state index is -0.194. The summed E-state index contributed by atoms with van der Waals surface area (Å²) in [5, 5.41) is 6.09. The number of aromatic nitrogens is 1. The monoisotopic (exact) mass is 352 g/mol. The molecule has 0 saturated heterocycles. The van der Waals surface area contributed by atoms with Crippen LogP contribution in [0.3, 0.4) is 0 Å². The van der Waals surface area contributed by atoms with E-state index < -0.39 is 0 Å². The zero-order valence-electron chi connectivity index (χ0n) is 12.8. The van der Waals surface area contributed by atoms with E-state index in [1.54, 1.807) is 13.3 Å². The van der Waals surface area contributed by atoms with Gasteiger partial charge >= 0.3 is 0 Å². The first-order chi connectivity index (χ1) is 9.76. The fraction of sp³-hybridized carbons (Fsp3) is 0.571. The number of hydrogen-bond acceptors (Lipinski definition) is 5. The lowest BCUT2D eigenvalue weighted by Gasteiger charge is -2.12. The zero-order chi connectivity index (χ0) is 14.6. The summed E-state index contributed by atoms with van der Waals surface area (Å²) in [6.45, 7) is 1.87. The van der Waals surface area contributed by atoms with Gasteiger partial charge < -0.3 is 21.1 Å². The Kier molecular flexibility index (Phi) is 15.6. The molecule has 1 atom stereocenters. The van der Waals surface area contributed by atoms with Crippen LogP contribution in [0, 0.1) is 0 Å². The number of amides is 1. The van der Waals surface area contributed by atoms with E-state index in [1.807, 2.05) is 18.2 Å². The first kappa shape index (κ1) is 23.2. The van der Waals surface area contributed by atoms with E-state index in [9.17, 15) is 4.79 Å². The number of hydrogen-bond donors (Lipinski definition) is 3. The highest BCUT2D eigenvalue weighted by molar-refractivity contribution is 5.85. The van der Waals surface area contributed by atoms with Gasteiger partial charge in [-0.3, -0.25) is 4.79 Å². The Balaban J connectivity index is 0. The molecule has 8 heteroatoms. The molecule has 1 amide bonds. The van der Waals surface area contributed by atoms with Gasteiger partial charge in [-0.15, -0.1) is 24.8 Å². The summed E-state index contributed by atoms with van der Waals surface area (Å²) >= 11 is 0. The lowest BCUT2D eigenvalue weighted by Crippen LogP contribution is -2.32. The van der Waals surface area contributed by atoms with Crippen molar-refractivity contribution in [3.63, 3.8) is 0 Å². The number of carbonyl (C=O) groups excluding carboxylic acids is 1. The van der Waals surface area contributed by atoms with E-state index in [1.165, 1.54) is 0 Å². The molecule has 1 aromatic rings. The van der Waals surface area contributed by atoms with Crippen molar-refractivity contribution < 1.29 is 9.53 Å². The number of anilines is 1. The Morgan fingerprint density at radius 2 is 2.05 bits per heavy atom. The fourth-order valence-electron chi connectivity index (χ4n) is 1.70. The average Bonchev–Trinajstić information content (AvgIpc) is 2.49. The molecule has 1 heterocycles. The van der Waals surface area contributed by atoms with Gasteiger partial charge in [-0.2, -0.15) is 0 Å². The molecule has 128 valence electrons. The van der Waals surface area contributed by atoms with Gasteiger partial charge in [0.2, 0.25) is 5.91 Å². The topological polar surface area (TPSA) is 89.3 Å². The normalized spacial score (nSPS) is 10.8. The van der Waals surface area contributed by atoms with Crippen molar-refractivity contribution in [2.24, 2.45) is 5.73 Å². The summed E-state index contributed by atoms with van der Waals surface area (Å²) < 4.78 is 5.06. The number of rotatable bonds is 10. The number of pyridine rings is 1. The molecule has 0 aromatic carbocycles. The number of ether oxygens (including phenoxy) is 1. The van der Waals surface area contributed by atoms with E-state index in [-0.39, 0.29) is 36.8 Å². The van der Waals surface area contributed by atoms with Crippen LogP contribution in [-0.2, 0) is 9.53 Å². The van der Waals surface area contributed by atoms with Crippen molar-refractivity contribution in [2.45, 2.75) is 25.4 Å². The minimum absolute atomic E-state index is 0. The molecule has 0 bridgehead atoms. The van der Waals surface area contributed by atoms with Gasteiger partial charge in [-0.05, 0) is 25.0 Å². The van der Waals surface area contributed by atoms with Crippen LogP contribution in [0.5, 0.6) is 0 Å². The highest BCUT2D eigenvalue weighted by Crippen LogP contribution is 2.00. The van der Waals surface area contributed by atoms with Gasteiger partial charge in [0.1, 0.15) is 5.82 Å². The third kappa shape index (κ3) is 10.6. The molecule has 0 saturated carbocycles. The molecule has 6 nitrogen and oxygen atoms in total. The second-order valence-corrected chi connectivity index (χ2v) is 4.50. The number of halogens is 2. The first-order valence-corrected chi connectivity index (χ1v) is 6.90. The third-order valence-electron chi connectivity index (χ3n) is 2.91. The van der Waals surface area contributed by atoms with E-state index in [0.29, 0.717) is 19.5 Å². The van der Waals surface area contributed by atoms with Gasteiger partial charge in [0, 0.05) is 32.9 Å². The molecular formula is C14H26Cl2N4O2. The molecule has 1 rings (SSSR count). The standard InChI is InChI=1S/C14H24N4O2.2ClH/c1-20-12(11-15)10-14(19)18-9-5-4-8-17-13-6-2-3-7-16-13;;/h2-3,6-7,12H,4-5,8-11,15H2,1H3,(H,16,17)(H,18,19);2*1H. The lowest BCUT2D eigenvalue weighted by molar-refractivity contribution is -0.123. The molecule has 4 N–H and O–H groups in total. The van der Waals surface area contributed by atoms with E-state index in [2.05, 4.69) is 15.6 Å². The summed E-state index contributed by atoms with van der Waals surface area (Å²) in [6, 6.07) is 5.76. The number of nitrogens with zero attached hydrogens (tertiary/aromatic N) is 1. The molecule has 0 radical (unpaired) electrons. The Morgan fingerprint density at radius 3 is 2.64 bits per heavy atom. The summed E-state index contributed by atoms with van der Waals surface area (Å²) in [4.78, 5) is 15.7. The molecular weight excluding hydrogens is 327 g/mol. The maximum atomic E-state index is 11.6. The third-order valence-corrected chi connectivity index (χ3v) is 2.91. The number of nitrogens with two attached hydrogens (primary N) is 1. The second-order valence-electron chi connectivity index (χ2n) is 4.50. The Hall–Kier alpha value is -1.08. The SMILES string of the molecule is COC(CN)CC(=O)NCCCCNc1ccccn1.Cl.Cl. The van der Waals surface area contributed by atoms with Gasteiger partial charge in [0.25, 0.3) is 0 Å². The second kappa shape index (κ2) is 14.8. The number of nitrogens with one attached hydrogen (secondary N) is 2. The smallest absolute Gasteiger partial charge is 0.222 e. The van der Waals surface area contributed by atoms with Crippen LogP contribution >= 0.6 is 24.8 Å². The van der Waals surface area contributed by atoms with Crippen molar-refractivity contribution in [3.8, 4) is 0 Å². The van der Waals surface area contributed by atoms with Crippen LogP contribution in [0.15, 0.2) is 24.4 Å². The molecule has 0 aliphatic carbocycles. The minimum Gasteiger partial charge on any atom is -0.380 e. The molecule has 22 heavy (non-hydrogen) atoms. The Morgan fingerprint density at radius 1 is 1.32 bits per heavy atom. The molecule has 1 aromatic heterocycles. The number of methoxy groups -OCH3 is 1. The van der Waals surface area contributed by atoms with Crippen molar-refractivity contribution in [3.05, 3.63) is 24.4 Å². The van der Waals surface area contributed by atoms with Crippen LogP contribution < -0.4 is 16.4 Å². The van der Waals surface area contributed by atoms with Crippen molar-refractivity contribution >= 4 is 36.5 Å². The predicted octanol–water partition coefficient (Wildman–Crippen LogP) is 1.60. The van der Waals surface area contributed by atoms with Crippen LogP contribution in [0.4, 0.5) is 5.82 Å². The average molecular weight is 353 g/mol. The largest absolute Gasteiger partial charge is 0.380 e. The van der Waals surface area contributed by atoms with Gasteiger partial charge in [0.15, 0.2) is 0 Å². The molecule has 0 spiro atoms. The van der Waals surface area contributed by atoms with E-state index in [4.69, 9.17) is 10.5 Å². The van der Waals surface area contributed by atoms with Crippen LogP contribution in [0.1, 0.15) is 19.3 Å². The highest BCUT2D eigenvalue weighted by Gasteiger charge is 2.10. The van der Waals surface area contributed by atoms with E-state index >= 15 is 0 Å². The number of unbranched alkanes of at least 4 members (excludes halogenated alkanes) is 1. The van der Waals surface area contributed by atoms with Crippen LogP contribution in [-0.4, -0.2) is 43.7 Å². The van der Waals surface area contributed by atoms with Crippen molar-refractivity contribution in [1.29, 1.82) is 0 Å². The summed E-state index contributed by atoms with van der Waals surface area (Å²) in [6.07, 6.45) is 3.78. The highest BCUT2D eigenvalue weighted by atomic mass is 35.5. The van der Waals surface area contributed by atoms with Crippen LogP contribution in [0.2, 0.25) is 0 Å². The summed E-state index contributed by atoms with van der Waals surface area (Å²) in [5.74, 6) is 0.863. The number of carbonyl (C=O) groups is 1. The molecule has 1 unspecified atom stereocenters. The Bertz CT molecular complexity index is 378. The first-order valence-electron chi connectivity index (χ1n) is 6.90. The Labute approximate surface area is 144 Å². The van der Waals surface area contributed by atoms with E-state index in [0.717, 1.165) is 25.2 Å². The fourth-order valence-corrected chi connectivity index (χ4v) is 1.70. The lowest BCUT2D eigenvalue weighted by atomic mass is 10.2. The quantitative estimate of drug-likeness (QED) is 0.556. The van der Waals surface area contributed by atoms with Crippen molar-refractivity contribution in [2.75, 3.05) is 32.1 Å². The molecule has 0 fully saturated rings. The molecule has 0 aliphatic heterocycles. The summed E-state index contributed by atoms with van der Waals surface area (Å²) in [7, 11) is 1.56.